The van der Waals surface area contributed by atoms with Crippen molar-refractivity contribution in [1.82, 2.24) is 9.55 Å². The number of nitrogens with zero attached hydrogens (tertiary/aromatic N) is 2. The van der Waals surface area contributed by atoms with Gasteiger partial charge in [0, 0.05) is 24.1 Å². The summed E-state index contributed by atoms with van der Waals surface area (Å²) in [6.07, 6.45) is 3.00. The zero-order valence-electron chi connectivity index (χ0n) is 9.27. The molecule has 0 aliphatic heterocycles. The molecule has 1 atom stereocenters. The van der Waals surface area contributed by atoms with Crippen LogP contribution in [0.1, 0.15) is 17.4 Å². The second-order valence-electron chi connectivity index (χ2n) is 3.96. The number of halogens is 2. The van der Waals surface area contributed by atoms with Gasteiger partial charge in [-0.2, -0.15) is 0 Å². The van der Waals surface area contributed by atoms with Crippen molar-refractivity contribution in [1.29, 1.82) is 0 Å². The zero-order chi connectivity index (χ0) is 12.4. The molecule has 90 valence electrons. The monoisotopic (exact) mass is 298 g/mol. The van der Waals surface area contributed by atoms with E-state index >= 15 is 0 Å². The molecular weight excluding hydrogens is 287 g/mol. The van der Waals surface area contributed by atoms with Gasteiger partial charge in [-0.1, -0.05) is 15.9 Å². The average Bonchev–Trinajstić information content (AvgIpc) is 2.63. The molecule has 1 aromatic carbocycles. The van der Waals surface area contributed by atoms with E-state index in [1.165, 1.54) is 12.1 Å². The first-order valence-corrected chi connectivity index (χ1v) is 5.95. The summed E-state index contributed by atoms with van der Waals surface area (Å²) in [6, 6.07) is 4.59. The van der Waals surface area contributed by atoms with Crippen molar-refractivity contribution in [2.45, 2.75) is 12.5 Å². The molecule has 0 fully saturated rings. The quantitative estimate of drug-likeness (QED) is 0.946. The Morgan fingerprint density at radius 1 is 1.47 bits per heavy atom. The molecule has 0 spiro atoms. The summed E-state index contributed by atoms with van der Waals surface area (Å²) < 4.78 is 15.6. The van der Waals surface area contributed by atoms with Crippen molar-refractivity contribution in [3.8, 4) is 0 Å². The van der Waals surface area contributed by atoms with Crippen molar-refractivity contribution in [3.63, 3.8) is 0 Å². The third-order valence-corrected chi connectivity index (χ3v) is 2.88. The predicted molar refractivity (Wildman–Crippen MR) is 66.0 cm³/mol. The lowest BCUT2D eigenvalue weighted by atomic mass is 10.1. The maximum atomic E-state index is 13.2. The second-order valence-corrected chi connectivity index (χ2v) is 4.88. The topological polar surface area (TPSA) is 38.0 Å². The lowest BCUT2D eigenvalue weighted by Crippen LogP contribution is -2.02. The molecule has 0 saturated heterocycles. The first kappa shape index (κ1) is 12.3. The van der Waals surface area contributed by atoms with Gasteiger partial charge in [-0.15, -0.1) is 0 Å². The molecule has 2 rings (SSSR count). The van der Waals surface area contributed by atoms with Crippen LogP contribution in [0.3, 0.4) is 0 Å². The largest absolute Gasteiger partial charge is 0.386 e. The summed E-state index contributed by atoms with van der Waals surface area (Å²) >= 11 is 3.22. The maximum Gasteiger partial charge on any atom is 0.124 e. The number of hydrogen-bond acceptors (Lipinski definition) is 2. The van der Waals surface area contributed by atoms with Crippen LogP contribution in [-0.2, 0) is 13.5 Å². The molecule has 0 amide bonds. The summed E-state index contributed by atoms with van der Waals surface area (Å²) in [6.45, 7) is 0. The van der Waals surface area contributed by atoms with Crippen molar-refractivity contribution >= 4 is 15.9 Å². The Bertz CT molecular complexity index is 507. The molecule has 1 heterocycles. The van der Waals surface area contributed by atoms with Crippen molar-refractivity contribution in [2.75, 3.05) is 0 Å². The number of hydrogen-bond donors (Lipinski definition) is 1. The van der Waals surface area contributed by atoms with E-state index < -0.39 is 6.10 Å². The SMILES string of the molecule is Cn1cnc(C(O)Cc2cc(F)cc(Br)c2)c1. The van der Waals surface area contributed by atoms with Gasteiger partial charge in [-0.05, 0) is 23.8 Å². The van der Waals surface area contributed by atoms with Gasteiger partial charge in [0.2, 0.25) is 0 Å². The van der Waals surface area contributed by atoms with Gasteiger partial charge in [0.05, 0.1) is 12.0 Å². The zero-order valence-corrected chi connectivity index (χ0v) is 10.9. The third-order valence-electron chi connectivity index (χ3n) is 2.42. The lowest BCUT2D eigenvalue weighted by molar-refractivity contribution is 0.174. The number of aryl methyl sites for hydroxylation is 1. The van der Waals surface area contributed by atoms with Gasteiger partial charge in [-0.25, -0.2) is 9.37 Å². The molecule has 17 heavy (non-hydrogen) atoms. The van der Waals surface area contributed by atoms with Gasteiger partial charge in [0.25, 0.3) is 0 Å². The number of aromatic nitrogens is 2. The van der Waals surface area contributed by atoms with Gasteiger partial charge in [0.1, 0.15) is 11.9 Å². The number of imidazole rings is 1. The van der Waals surface area contributed by atoms with Crippen LogP contribution in [0.25, 0.3) is 0 Å². The van der Waals surface area contributed by atoms with Crippen molar-refractivity contribution in [3.05, 3.63) is 52.3 Å². The van der Waals surface area contributed by atoms with E-state index in [-0.39, 0.29) is 5.82 Å². The van der Waals surface area contributed by atoms with Crippen LogP contribution in [-0.4, -0.2) is 14.7 Å². The van der Waals surface area contributed by atoms with Crippen LogP contribution >= 0.6 is 15.9 Å². The fraction of sp³-hybridized carbons (Fsp3) is 0.250. The van der Waals surface area contributed by atoms with Crippen LogP contribution < -0.4 is 0 Å². The highest BCUT2D eigenvalue weighted by Crippen LogP contribution is 2.20. The maximum absolute atomic E-state index is 13.2. The number of rotatable bonds is 3. The minimum Gasteiger partial charge on any atom is -0.386 e. The van der Waals surface area contributed by atoms with Crippen LogP contribution in [0.15, 0.2) is 35.2 Å². The summed E-state index contributed by atoms with van der Waals surface area (Å²) in [5.74, 6) is -0.317. The Balaban J connectivity index is 2.15. The molecule has 1 aromatic heterocycles. The van der Waals surface area contributed by atoms with Gasteiger partial charge < -0.3 is 9.67 Å². The van der Waals surface area contributed by atoms with E-state index in [0.29, 0.717) is 16.6 Å². The molecule has 3 nitrogen and oxygen atoms in total. The Labute approximate surface area is 107 Å². The van der Waals surface area contributed by atoms with E-state index in [1.54, 1.807) is 23.2 Å². The predicted octanol–water partition coefficient (Wildman–Crippen LogP) is 2.60. The smallest absolute Gasteiger partial charge is 0.124 e. The molecule has 5 heteroatoms. The molecule has 0 aliphatic rings. The second kappa shape index (κ2) is 4.98. The summed E-state index contributed by atoms with van der Waals surface area (Å²) in [4.78, 5) is 4.06. The molecule has 2 aromatic rings. The van der Waals surface area contributed by atoms with Crippen LogP contribution in [0.4, 0.5) is 4.39 Å². The van der Waals surface area contributed by atoms with Crippen LogP contribution in [0.2, 0.25) is 0 Å². The van der Waals surface area contributed by atoms with Gasteiger partial charge in [-0.3, -0.25) is 0 Å². The highest BCUT2D eigenvalue weighted by Gasteiger charge is 2.12. The Morgan fingerprint density at radius 2 is 2.24 bits per heavy atom. The molecular formula is C12H12BrFN2O. The van der Waals surface area contributed by atoms with E-state index in [4.69, 9.17) is 0 Å². The average molecular weight is 299 g/mol. The highest BCUT2D eigenvalue weighted by atomic mass is 79.9. The minimum absolute atomic E-state index is 0.317. The van der Waals surface area contributed by atoms with Gasteiger partial charge >= 0.3 is 0 Å². The highest BCUT2D eigenvalue weighted by molar-refractivity contribution is 9.10. The summed E-state index contributed by atoms with van der Waals surface area (Å²) in [5, 5.41) is 9.96. The number of aliphatic hydroxyl groups is 1. The van der Waals surface area contributed by atoms with E-state index in [9.17, 15) is 9.50 Å². The third kappa shape index (κ3) is 3.14. The fourth-order valence-electron chi connectivity index (χ4n) is 1.66. The molecule has 1 unspecified atom stereocenters. The Morgan fingerprint density at radius 3 is 2.82 bits per heavy atom. The Kier molecular flexibility index (Phi) is 3.59. The lowest BCUT2D eigenvalue weighted by Gasteiger charge is -2.08. The van der Waals surface area contributed by atoms with Crippen molar-refractivity contribution < 1.29 is 9.50 Å². The Hall–Kier alpha value is -1.20. The van der Waals surface area contributed by atoms with E-state index in [1.807, 2.05) is 7.05 Å². The standard InChI is InChI=1S/C12H12BrFN2O/c1-16-6-11(15-7-16)12(17)4-8-2-9(13)5-10(14)3-8/h2-3,5-7,12,17H,4H2,1H3. The van der Waals surface area contributed by atoms with E-state index in [2.05, 4.69) is 20.9 Å². The van der Waals surface area contributed by atoms with Crippen LogP contribution in [0, 0.1) is 5.82 Å². The normalized spacial score (nSPS) is 12.7. The fourth-order valence-corrected chi connectivity index (χ4v) is 2.17. The number of aliphatic hydroxyl groups excluding tert-OH is 1. The summed E-state index contributed by atoms with van der Waals surface area (Å²) in [5.41, 5.74) is 1.32. The minimum atomic E-state index is -0.718. The number of benzene rings is 1. The molecule has 0 radical (unpaired) electrons. The van der Waals surface area contributed by atoms with E-state index in [0.717, 1.165) is 5.56 Å². The first-order valence-electron chi connectivity index (χ1n) is 5.15. The summed E-state index contributed by atoms with van der Waals surface area (Å²) in [7, 11) is 1.84. The molecule has 0 aliphatic carbocycles. The van der Waals surface area contributed by atoms with Gasteiger partial charge in [0.15, 0.2) is 0 Å². The molecule has 1 N–H and O–H groups in total. The van der Waals surface area contributed by atoms with Crippen molar-refractivity contribution in [2.24, 2.45) is 7.05 Å². The first-order chi connectivity index (χ1) is 8.04. The van der Waals surface area contributed by atoms with Crippen LogP contribution in [0.5, 0.6) is 0 Å². The molecule has 0 saturated carbocycles. The molecule has 0 bridgehead atoms.